The van der Waals surface area contributed by atoms with Gasteiger partial charge in [0.2, 0.25) is 0 Å². The molecule has 3 aromatic heterocycles. The largest absolute Gasteiger partial charge is 0.455 e. The second-order valence-electron chi connectivity index (χ2n) is 23.3. The van der Waals surface area contributed by atoms with Crippen molar-refractivity contribution in [2.24, 2.45) is 0 Å². The number of anilines is 6. The zero-order valence-corrected chi connectivity index (χ0v) is 43.2. The fourth-order valence-corrected chi connectivity index (χ4v) is 13.4. The van der Waals surface area contributed by atoms with E-state index in [4.69, 9.17) is 4.42 Å². The first-order valence-electron chi connectivity index (χ1n) is 26.5. The van der Waals surface area contributed by atoms with E-state index < -0.39 is 0 Å². The maximum Gasteiger partial charge on any atom is 0.252 e. The average molecular weight is 976 g/mol. The lowest BCUT2D eigenvalue weighted by molar-refractivity contribution is 0.590. The molecule has 0 aliphatic carbocycles. The Morgan fingerprint density at radius 3 is 1.80 bits per heavy atom. The topological polar surface area (TPSA) is 53.3 Å². The standard InChI is InChI=1S/C69H50BN5O/c1-68(2,3)42-26-32-56-51(36-42)52-37-43(69(4,5)6)27-33-57(52)73(56)45-30-31-53-60(38-45)72(44-28-24-41(25-29-44)46-16-11-18-50-48-15-8-10-23-63(48)76-67(46)50)61-34-40(39-71)35-62-64(61)70(53)54-19-13-22-59-66(54)75(62)58-21-12-17-49-47-14-7-9-20-55(47)74(59)65(49)58/h7-38H,1-6H3. The molecule has 0 radical (unpaired) electrons. The van der Waals surface area contributed by atoms with Crippen LogP contribution in [0.15, 0.2) is 199 Å². The average Bonchev–Trinajstić information content (AvgIpc) is 4.18. The van der Waals surface area contributed by atoms with Crippen molar-refractivity contribution in [3.05, 3.63) is 211 Å². The van der Waals surface area contributed by atoms with E-state index in [0.29, 0.717) is 5.56 Å². The van der Waals surface area contributed by atoms with Gasteiger partial charge in [0.15, 0.2) is 0 Å². The number of hydrogen-bond donors (Lipinski definition) is 0. The van der Waals surface area contributed by atoms with Crippen molar-refractivity contribution in [2.75, 3.05) is 9.80 Å². The highest BCUT2D eigenvalue weighted by molar-refractivity contribution is 7.00. The van der Waals surface area contributed by atoms with Crippen molar-refractivity contribution < 1.29 is 4.42 Å². The number of benzene rings is 10. The van der Waals surface area contributed by atoms with Crippen LogP contribution < -0.4 is 26.2 Å². The lowest BCUT2D eigenvalue weighted by atomic mass is 9.33. The molecule has 76 heavy (non-hydrogen) atoms. The zero-order chi connectivity index (χ0) is 51.1. The van der Waals surface area contributed by atoms with E-state index in [1.807, 2.05) is 12.1 Å². The van der Waals surface area contributed by atoms with Crippen LogP contribution in [-0.2, 0) is 10.8 Å². The number of aromatic nitrogens is 2. The molecule has 0 fully saturated rings. The van der Waals surface area contributed by atoms with Gasteiger partial charge >= 0.3 is 0 Å². The minimum absolute atomic E-state index is 0.0199. The van der Waals surface area contributed by atoms with Gasteiger partial charge in [-0.3, -0.25) is 0 Å². The maximum absolute atomic E-state index is 11.1. The number of para-hydroxylation sites is 5. The van der Waals surface area contributed by atoms with Gasteiger partial charge in [0.1, 0.15) is 11.2 Å². The summed E-state index contributed by atoms with van der Waals surface area (Å²) in [4.78, 5) is 4.90. The third kappa shape index (κ3) is 5.76. The number of rotatable bonds is 3. The Kier molecular flexibility index (Phi) is 8.50. The van der Waals surface area contributed by atoms with Crippen LogP contribution in [0.3, 0.4) is 0 Å². The Morgan fingerprint density at radius 1 is 0.447 bits per heavy atom. The van der Waals surface area contributed by atoms with E-state index in [9.17, 15) is 5.26 Å². The van der Waals surface area contributed by atoms with Gasteiger partial charge in [0.25, 0.3) is 6.71 Å². The minimum atomic E-state index is -0.140. The van der Waals surface area contributed by atoms with Crippen LogP contribution in [0.5, 0.6) is 0 Å². The van der Waals surface area contributed by atoms with Crippen molar-refractivity contribution >= 4 is 123 Å². The Morgan fingerprint density at radius 2 is 1.07 bits per heavy atom. The SMILES string of the molecule is CC(C)(C)c1ccc2c(c1)c1cc(C(C)(C)C)ccc1n2-c1ccc2c(c1)N(c1ccc(-c3cccc4c3oc3ccccc34)cc1)c1cc(C#N)cc3c1B2c1cccc2c1N3c1cccc3c4ccccc4n-2c13. The van der Waals surface area contributed by atoms with Gasteiger partial charge in [-0.1, -0.05) is 151 Å². The highest BCUT2D eigenvalue weighted by Crippen LogP contribution is 2.53. The van der Waals surface area contributed by atoms with E-state index >= 15 is 0 Å². The highest BCUT2D eigenvalue weighted by Gasteiger charge is 2.46. The fraction of sp³-hybridized carbons (Fsp3) is 0.116. The van der Waals surface area contributed by atoms with Gasteiger partial charge in [-0.05, 0) is 129 Å². The first-order valence-corrected chi connectivity index (χ1v) is 26.5. The summed E-state index contributed by atoms with van der Waals surface area (Å²) in [5.41, 5.74) is 24.0. The van der Waals surface area contributed by atoms with E-state index in [1.165, 1.54) is 71.1 Å². The Balaban J connectivity index is 0.973. The molecule has 6 heterocycles. The van der Waals surface area contributed by atoms with Crippen molar-refractivity contribution in [1.82, 2.24) is 9.13 Å². The molecular formula is C69H50BN5O. The number of nitriles is 1. The van der Waals surface area contributed by atoms with E-state index in [0.717, 1.165) is 78.6 Å². The molecule has 0 saturated carbocycles. The molecule has 7 heteroatoms. The van der Waals surface area contributed by atoms with Gasteiger partial charge in [-0.15, -0.1) is 0 Å². The van der Waals surface area contributed by atoms with Crippen molar-refractivity contribution in [3.63, 3.8) is 0 Å². The number of nitrogens with zero attached hydrogens (tertiary/aromatic N) is 5. The number of furan rings is 1. The lowest BCUT2D eigenvalue weighted by Gasteiger charge is -2.46. The van der Waals surface area contributed by atoms with E-state index in [1.54, 1.807) is 0 Å². The van der Waals surface area contributed by atoms with Gasteiger partial charge in [-0.2, -0.15) is 5.26 Å². The summed E-state index contributed by atoms with van der Waals surface area (Å²) < 4.78 is 11.5. The maximum atomic E-state index is 11.1. The lowest BCUT2D eigenvalue weighted by Crippen LogP contribution is -2.61. The molecule has 0 atom stereocenters. The molecule has 6 nitrogen and oxygen atoms in total. The minimum Gasteiger partial charge on any atom is -0.455 e. The quantitative estimate of drug-likeness (QED) is 0.166. The predicted molar refractivity (Wildman–Crippen MR) is 318 cm³/mol. The van der Waals surface area contributed by atoms with E-state index in [-0.39, 0.29) is 17.5 Å². The van der Waals surface area contributed by atoms with Crippen molar-refractivity contribution in [3.8, 4) is 28.6 Å². The Bertz CT molecular complexity index is 4690. The summed E-state index contributed by atoms with van der Waals surface area (Å²) in [6.07, 6.45) is 0. The van der Waals surface area contributed by atoms with E-state index in [2.05, 4.69) is 249 Å². The first kappa shape index (κ1) is 43.2. The molecule has 10 aromatic carbocycles. The van der Waals surface area contributed by atoms with Crippen LogP contribution in [0.4, 0.5) is 34.1 Å². The molecule has 3 aliphatic rings. The molecule has 0 spiro atoms. The van der Waals surface area contributed by atoms with Crippen LogP contribution in [0.1, 0.15) is 58.2 Å². The molecule has 3 aliphatic heterocycles. The van der Waals surface area contributed by atoms with Gasteiger partial charge in [0.05, 0.1) is 50.8 Å². The summed E-state index contributed by atoms with van der Waals surface area (Å²) in [6, 6.07) is 74.2. The highest BCUT2D eigenvalue weighted by atomic mass is 16.3. The molecule has 0 amide bonds. The third-order valence-corrected chi connectivity index (χ3v) is 16.9. The monoisotopic (exact) mass is 975 g/mol. The molecule has 360 valence electrons. The molecule has 16 rings (SSSR count). The molecule has 0 bridgehead atoms. The smallest absolute Gasteiger partial charge is 0.252 e. The summed E-state index contributed by atoms with van der Waals surface area (Å²) in [5, 5.41) is 18.3. The molecule has 0 saturated heterocycles. The Hall–Kier alpha value is -9.25. The van der Waals surface area contributed by atoms with Crippen LogP contribution in [0.2, 0.25) is 0 Å². The summed E-state index contributed by atoms with van der Waals surface area (Å²) in [7, 11) is 0. The zero-order valence-electron chi connectivity index (χ0n) is 43.2. The van der Waals surface area contributed by atoms with Crippen molar-refractivity contribution in [1.29, 1.82) is 5.26 Å². The molecule has 13 aromatic rings. The van der Waals surface area contributed by atoms with Crippen molar-refractivity contribution in [2.45, 2.75) is 52.4 Å². The fourth-order valence-electron chi connectivity index (χ4n) is 13.4. The molecule has 0 unspecified atom stereocenters. The van der Waals surface area contributed by atoms with Crippen LogP contribution in [0, 0.1) is 11.3 Å². The normalized spacial score (nSPS) is 13.6. The summed E-state index contributed by atoms with van der Waals surface area (Å²) >= 11 is 0. The first-order chi connectivity index (χ1) is 36.9. The summed E-state index contributed by atoms with van der Waals surface area (Å²) in [5.74, 6) is 0. The van der Waals surface area contributed by atoms with Gasteiger partial charge < -0.3 is 23.4 Å². The Labute approximate surface area is 440 Å². The van der Waals surface area contributed by atoms with Gasteiger partial charge in [-0.25, -0.2) is 0 Å². The van der Waals surface area contributed by atoms with Crippen LogP contribution in [-0.4, -0.2) is 15.8 Å². The number of fused-ring (bicyclic) bond motifs is 15. The molecule has 0 N–H and O–H groups in total. The second kappa shape index (κ2) is 15.0. The van der Waals surface area contributed by atoms with Crippen LogP contribution in [0.25, 0.3) is 88.1 Å². The molecular weight excluding hydrogens is 926 g/mol. The third-order valence-electron chi connectivity index (χ3n) is 16.9. The second-order valence-corrected chi connectivity index (χ2v) is 23.3. The van der Waals surface area contributed by atoms with Gasteiger partial charge in [0, 0.05) is 66.3 Å². The number of hydrogen-bond acceptors (Lipinski definition) is 4. The predicted octanol–water partition coefficient (Wildman–Crippen LogP) is 16.3. The summed E-state index contributed by atoms with van der Waals surface area (Å²) in [6.45, 7) is 13.7. The van der Waals surface area contributed by atoms with Crippen LogP contribution >= 0.6 is 0 Å².